The molecule has 12 rings (SSSR count). The van der Waals surface area contributed by atoms with Crippen LogP contribution >= 0.6 is 0 Å². The Hall–Kier alpha value is -7.16. The van der Waals surface area contributed by atoms with Crippen molar-refractivity contribution in [2.75, 3.05) is 4.90 Å². The smallest absolute Gasteiger partial charge is 0.0543 e. The van der Waals surface area contributed by atoms with Crippen molar-refractivity contribution >= 4 is 49.6 Å². The molecule has 0 atom stereocenters. The van der Waals surface area contributed by atoms with Gasteiger partial charge in [0.05, 0.1) is 28.1 Å². The lowest BCUT2D eigenvalue weighted by Crippen LogP contribution is -2.16. The fourth-order valence-corrected chi connectivity index (χ4v) is 11.5. The molecule has 304 valence electrons. The Morgan fingerprint density at radius 2 is 1.06 bits per heavy atom. The second-order valence-corrected chi connectivity index (χ2v) is 18.2. The number of hydrogen-bond acceptors (Lipinski definition) is 1. The molecule has 10 aromatic rings. The van der Waals surface area contributed by atoms with E-state index < -0.39 is 0 Å². The molecule has 0 unspecified atom stereocenters. The first-order valence-corrected chi connectivity index (χ1v) is 22.9. The highest BCUT2D eigenvalue weighted by molar-refractivity contribution is 6.11. The van der Waals surface area contributed by atoms with Crippen molar-refractivity contribution in [1.29, 1.82) is 0 Å². The predicted octanol–water partition coefficient (Wildman–Crippen LogP) is 17.1. The molecule has 0 amide bonds. The Kier molecular flexibility index (Phi) is 8.97. The molecule has 2 aliphatic rings. The van der Waals surface area contributed by atoms with Gasteiger partial charge in [-0.3, -0.25) is 0 Å². The van der Waals surface area contributed by atoms with Gasteiger partial charge in [-0.1, -0.05) is 185 Å². The molecule has 0 saturated heterocycles. The van der Waals surface area contributed by atoms with E-state index in [1.165, 1.54) is 132 Å². The van der Waals surface area contributed by atoms with Gasteiger partial charge in [0.2, 0.25) is 0 Å². The predicted molar refractivity (Wildman–Crippen MR) is 267 cm³/mol. The molecule has 0 aliphatic heterocycles. The number of nitrogens with zero attached hydrogens (tertiary/aromatic N) is 2. The van der Waals surface area contributed by atoms with Crippen LogP contribution in [-0.4, -0.2) is 4.57 Å². The lowest BCUT2D eigenvalue weighted by molar-refractivity contribution is 0.445. The Morgan fingerprint density at radius 1 is 0.460 bits per heavy atom. The van der Waals surface area contributed by atoms with Gasteiger partial charge in [0, 0.05) is 38.6 Å². The van der Waals surface area contributed by atoms with Crippen molar-refractivity contribution in [3.63, 3.8) is 0 Å². The van der Waals surface area contributed by atoms with E-state index in [4.69, 9.17) is 0 Å². The summed E-state index contributed by atoms with van der Waals surface area (Å²) in [7, 11) is 0. The largest absolute Gasteiger partial charge is 0.309 e. The zero-order chi connectivity index (χ0) is 42.1. The summed E-state index contributed by atoms with van der Waals surface area (Å²) in [6.07, 6.45) is 6.47. The molecule has 0 N–H and O–H groups in total. The van der Waals surface area contributed by atoms with E-state index in [2.05, 4.69) is 224 Å². The van der Waals surface area contributed by atoms with Crippen LogP contribution in [0.1, 0.15) is 68.6 Å². The van der Waals surface area contributed by atoms with Gasteiger partial charge in [-0.15, -0.1) is 0 Å². The van der Waals surface area contributed by atoms with Gasteiger partial charge in [0.25, 0.3) is 0 Å². The van der Waals surface area contributed by atoms with Crippen molar-refractivity contribution in [2.45, 2.75) is 57.3 Å². The third kappa shape index (κ3) is 5.99. The standard InChI is InChI=1S/C61H50N2/c1-61(2)52-32-13-9-29-50(52)60-53(61)33-19-37-58(60)63(56-36-16-11-27-47(56)49-31-18-23-42-22-17-30-46(59(42)49)41-20-5-3-6-21-41)54-34-14-10-26-45(54)43-38-39-57-51(40-43)48-28-12-15-35-55(48)62(57)44-24-7-4-8-25-44/h4,7-19,22-41H,3,5-6,20-21H2,1-2H3. The van der Waals surface area contributed by atoms with E-state index in [-0.39, 0.29) is 5.41 Å². The van der Waals surface area contributed by atoms with Gasteiger partial charge in [-0.25, -0.2) is 0 Å². The fraction of sp³-hybridized carbons (Fsp3) is 0.148. The summed E-state index contributed by atoms with van der Waals surface area (Å²) in [6.45, 7) is 4.77. The van der Waals surface area contributed by atoms with Gasteiger partial charge in [-0.05, 0) is 111 Å². The summed E-state index contributed by atoms with van der Waals surface area (Å²) in [5.41, 5.74) is 18.7. The van der Waals surface area contributed by atoms with Crippen LogP contribution in [0.5, 0.6) is 0 Å². The van der Waals surface area contributed by atoms with E-state index in [0.29, 0.717) is 5.92 Å². The zero-order valence-corrected chi connectivity index (χ0v) is 36.1. The van der Waals surface area contributed by atoms with Crippen molar-refractivity contribution in [2.24, 2.45) is 0 Å². The summed E-state index contributed by atoms with van der Waals surface area (Å²) in [5, 5.41) is 5.22. The van der Waals surface area contributed by atoms with Crippen LogP contribution in [0, 0.1) is 0 Å². The van der Waals surface area contributed by atoms with Gasteiger partial charge in [-0.2, -0.15) is 0 Å². The molecule has 1 aromatic heterocycles. The second kappa shape index (κ2) is 15.0. The minimum absolute atomic E-state index is 0.144. The van der Waals surface area contributed by atoms with Crippen LogP contribution < -0.4 is 4.90 Å². The van der Waals surface area contributed by atoms with Crippen molar-refractivity contribution in [3.05, 3.63) is 217 Å². The molecule has 1 fully saturated rings. The minimum atomic E-state index is -0.144. The monoisotopic (exact) mass is 810 g/mol. The second-order valence-electron chi connectivity index (χ2n) is 18.2. The normalized spacial score (nSPS) is 14.6. The molecule has 63 heavy (non-hydrogen) atoms. The first kappa shape index (κ1) is 37.6. The van der Waals surface area contributed by atoms with Gasteiger partial charge in [0.15, 0.2) is 0 Å². The van der Waals surface area contributed by atoms with Crippen LogP contribution in [0.15, 0.2) is 200 Å². The number of rotatable bonds is 7. The Bertz CT molecular complexity index is 3360. The highest BCUT2D eigenvalue weighted by Crippen LogP contribution is 2.56. The molecule has 9 aromatic carbocycles. The molecule has 1 heterocycles. The van der Waals surface area contributed by atoms with Crippen LogP contribution in [0.25, 0.3) is 71.6 Å². The number of anilines is 3. The lowest BCUT2D eigenvalue weighted by Gasteiger charge is -2.32. The molecule has 2 aliphatic carbocycles. The third-order valence-corrected chi connectivity index (χ3v) is 14.4. The Morgan fingerprint density at radius 3 is 1.89 bits per heavy atom. The summed E-state index contributed by atoms with van der Waals surface area (Å²) in [5.74, 6) is 0.575. The molecule has 0 spiro atoms. The number of benzene rings is 9. The molecule has 0 radical (unpaired) electrons. The fourth-order valence-electron chi connectivity index (χ4n) is 11.5. The average molecular weight is 811 g/mol. The molecule has 1 saturated carbocycles. The van der Waals surface area contributed by atoms with E-state index in [9.17, 15) is 0 Å². The maximum atomic E-state index is 2.60. The third-order valence-electron chi connectivity index (χ3n) is 14.4. The Labute approximate surface area is 370 Å². The maximum absolute atomic E-state index is 2.60. The van der Waals surface area contributed by atoms with Crippen LogP contribution in [0.2, 0.25) is 0 Å². The van der Waals surface area contributed by atoms with Gasteiger partial charge in [0.1, 0.15) is 0 Å². The quantitative estimate of drug-likeness (QED) is 0.156. The topological polar surface area (TPSA) is 8.17 Å². The minimum Gasteiger partial charge on any atom is -0.309 e. The highest BCUT2D eigenvalue weighted by atomic mass is 15.2. The van der Waals surface area contributed by atoms with Crippen molar-refractivity contribution in [1.82, 2.24) is 4.57 Å². The van der Waals surface area contributed by atoms with E-state index in [0.717, 1.165) is 5.69 Å². The average Bonchev–Trinajstić information content (AvgIpc) is 3.80. The van der Waals surface area contributed by atoms with E-state index in [1.54, 1.807) is 0 Å². The Balaban J connectivity index is 1.13. The first-order valence-electron chi connectivity index (χ1n) is 22.9. The van der Waals surface area contributed by atoms with Crippen LogP contribution in [0.4, 0.5) is 17.1 Å². The van der Waals surface area contributed by atoms with E-state index >= 15 is 0 Å². The number of hydrogen-bond donors (Lipinski definition) is 0. The van der Waals surface area contributed by atoms with Crippen molar-refractivity contribution < 1.29 is 0 Å². The first-order chi connectivity index (χ1) is 31.1. The highest BCUT2D eigenvalue weighted by Gasteiger charge is 2.38. The SMILES string of the molecule is CC1(C)c2ccccc2-c2c(N(c3ccccc3-c3ccc4c(c3)c3ccccc3n4-c3ccccc3)c3ccccc3-c3cccc4cccc(C5CCCCC5)c34)cccc21. The summed E-state index contributed by atoms with van der Waals surface area (Å²) < 4.78 is 2.40. The molecule has 0 bridgehead atoms. The van der Waals surface area contributed by atoms with Crippen LogP contribution in [-0.2, 0) is 5.41 Å². The zero-order valence-electron chi connectivity index (χ0n) is 36.1. The van der Waals surface area contributed by atoms with Gasteiger partial charge >= 0.3 is 0 Å². The molecular weight excluding hydrogens is 761 g/mol. The molecular formula is C61H50N2. The number of fused-ring (bicyclic) bond motifs is 7. The van der Waals surface area contributed by atoms with Crippen LogP contribution in [0.3, 0.4) is 0 Å². The summed E-state index contributed by atoms with van der Waals surface area (Å²) in [4.78, 5) is 2.60. The summed E-state index contributed by atoms with van der Waals surface area (Å²) in [6, 6.07) is 75.0. The lowest BCUT2D eigenvalue weighted by atomic mass is 9.80. The molecule has 2 nitrogen and oxygen atoms in total. The number of para-hydroxylation sites is 4. The van der Waals surface area contributed by atoms with Crippen molar-refractivity contribution in [3.8, 4) is 39.1 Å². The molecule has 2 heteroatoms. The summed E-state index contributed by atoms with van der Waals surface area (Å²) >= 11 is 0. The maximum Gasteiger partial charge on any atom is 0.0543 e. The van der Waals surface area contributed by atoms with Gasteiger partial charge < -0.3 is 9.47 Å². The number of aromatic nitrogens is 1. The van der Waals surface area contributed by atoms with E-state index in [1.807, 2.05) is 0 Å².